The zero-order valence-corrected chi connectivity index (χ0v) is 14.8. The molecule has 120 valence electrons. The summed E-state index contributed by atoms with van der Waals surface area (Å²) in [5.74, 6) is -1.15. The van der Waals surface area contributed by atoms with E-state index in [2.05, 4.69) is 27.9 Å². The molecule has 1 aromatic heterocycles. The van der Waals surface area contributed by atoms with Gasteiger partial charge in [-0.15, -0.1) is 0 Å². The fourth-order valence-corrected chi connectivity index (χ4v) is 2.49. The molecule has 0 aliphatic heterocycles. The van der Waals surface area contributed by atoms with Crippen LogP contribution in [0.25, 0.3) is 0 Å². The van der Waals surface area contributed by atoms with Crippen LogP contribution in [-0.2, 0) is 16.6 Å². The van der Waals surface area contributed by atoms with Crippen molar-refractivity contribution in [3.05, 3.63) is 61.6 Å². The predicted octanol–water partition coefficient (Wildman–Crippen LogP) is 2.09. The smallest absolute Gasteiger partial charge is 0.338 e. The summed E-state index contributed by atoms with van der Waals surface area (Å²) in [4.78, 5) is 35.1. The Morgan fingerprint density at radius 2 is 2.00 bits per heavy atom. The van der Waals surface area contributed by atoms with E-state index >= 15 is 0 Å². The van der Waals surface area contributed by atoms with E-state index in [9.17, 15) is 14.4 Å². The second kappa shape index (κ2) is 7.40. The molecular formula is C16H15IN2O4. The molecule has 6 nitrogen and oxygen atoms in total. The van der Waals surface area contributed by atoms with Crippen molar-refractivity contribution >= 4 is 40.2 Å². The molecule has 23 heavy (non-hydrogen) atoms. The number of rotatable bonds is 4. The minimum Gasteiger partial charge on any atom is -0.452 e. The van der Waals surface area contributed by atoms with Crippen LogP contribution in [0.4, 0.5) is 5.69 Å². The average molecular weight is 426 g/mol. The molecule has 0 unspecified atom stereocenters. The number of aryl methyl sites for hydroxylation is 2. The third kappa shape index (κ3) is 4.65. The minimum absolute atomic E-state index is 0.117. The lowest BCUT2D eigenvalue weighted by Crippen LogP contribution is -2.23. The number of pyridine rings is 1. The predicted molar refractivity (Wildman–Crippen MR) is 94.5 cm³/mol. The SMILES string of the molecule is Cc1cc(I)ccc1NC(=O)COC(=O)c1ccn(C)c(=O)c1. The number of benzene rings is 1. The molecule has 7 heteroatoms. The average Bonchev–Trinajstić information content (AvgIpc) is 2.50. The van der Waals surface area contributed by atoms with Crippen molar-refractivity contribution in [2.24, 2.45) is 7.05 Å². The fourth-order valence-electron chi connectivity index (χ4n) is 1.84. The van der Waals surface area contributed by atoms with E-state index in [1.54, 1.807) is 13.1 Å². The Hall–Kier alpha value is -2.16. The van der Waals surface area contributed by atoms with Gasteiger partial charge in [-0.25, -0.2) is 4.79 Å². The van der Waals surface area contributed by atoms with Crippen LogP contribution in [0.3, 0.4) is 0 Å². The number of carbonyl (C=O) groups excluding carboxylic acids is 2. The largest absolute Gasteiger partial charge is 0.452 e. The first kappa shape index (κ1) is 17.2. The molecular weight excluding hydrogens is 411 g/mol. The van der Waals surface area contributed by atoms with Gasteiger partial charge in [0.25, 0.3) is 11.5 Å². The second-order valence-corrected chi connectivity index (χ2v) is 6.19. The number of hydrogen-bond acceptors (Lipinski definition) is 4. The van der Waals surface area contributed by atoms with Gasteiger partial charge >= 0.3 is 5.97 Å². The standard InChI is InChI=1S/C16H15IN2O4/c1-10-7-12(17)3-4-13(10)18-14(20)9-23-16(22)11-5-6-19(2)15(21)8-11/h3-8H,9H2,1-2H3,(H,18,20). The number of nitrogens with one attached hydrogen (secondary N) is 1. The Balaban J connectivity index is 1.94. The highest BCUT2D eigenvalue weighted by atomic mass is 127. The van der Waals surface area contributed by atoms with Crippen LogP contribution in [0.15, 0.2) is 41.3 Å². The molecule has 1 heterocycles. The molecule has 1 N–H and O–H groups in total. The summed E-state index contributed by atoms with van der Waals surface area (Å²) in [5, 5.41) is 2.68. The molecule has 0 saturated heterocycles. The summed E-state index contributed by atoms with van der Waals surface area (Å²) in [5.41, 5.74) is 1.38. The molecule has 2 aromatic rings. The molecule has 0 aliphatic rings. The highest BCUT2D eigenvalue weighted by Crippen LogP contribution is 2.17. The van der Waals surface area contributed by atoms with Gasteiger partial charge in [0, 0.05) is 28.6 Å². The molecule has 0 spiro atoms. The lowest BCUT2D eigenvalue weighted by atomic mass is 10.2. The molecule has 1 amide bonds. The van der Waals surface area contributed by atoms with Gasteiger partial charge < -0.3 is 14.6 Å². The topological polar surface area (TPSA) is 77.4 Å². The van der Waals surface area contributed by atoms with E-state index in [1.807, 2.05) is 19.1 Å². The summed E-state index contributed by atoms with van der Waals surface area (Å²) in [6.07, 6.45) is 1.47. The maximum atomic E-state index is 11.9. The van der Waals surface area contributed by atoms with Crippen molar-refractivity contribution in [2.45, 2.75) is 6.92 Å². The van der Waals surface area contributed by atoms with E-state index in [0.717, 1.165) is 9.13 Å². The van der Waals surface area contributed by atoms with Crippen molar-refractivity contribution < 1.29 is 14.3 Å². The number of aromatic nitrogens is 1. The molecule has 1 aromatic carbocycles. The van der Waals surface area contributed by atoms with Crippen LogP contribution in [0.1, 0.15) is 15.9 Å². The molecule has 2 rings (SSSR count). The van der Waals surface area contributed by atoms with Crippen LogP contribution >= 0.6 is 22.6 Å². The summed E-state index contributed by atoms with van der Waals surface area (Å²) in [7, 11) is 1.58. The van der Waals surface area contributed by atoms with Gasteiger partial charge in [-0.1, -0.05) is 0 Å². The number of halogens is 1. The summed E-state index contributed by atoms with van der Waals surface area (Å²) < 4.78 is 7.32. The Morgan fingerprint density at radius 3 is 2.65 bits per heavy atom. The van der Waals surface area contributed by atoms with Crippen LogP contribution < -0.4 is 10.9 Å². The van der Waals surface area contributed by atoms with Crippen molar-refractivity contribution in [3.63, 3.8) is 0 Å². The summed E-state index contributed by atoms with van der Waals surface area (Å²) >= 11 is 2.18. The number of amides is 1. The third-order valence-electron chi connectivity index (χ3n) is 3.14. The first-order chi connectivity index (χ1) is 10.9. The monoisotopic (exact) mass is 426 g/mol. The lowest BCUT2D eigenvalue weighted by molar-refractivity contribution is -0.119. The lowest BCUT2D eigenvalue weighted by Gasteiger charge is -2.09. The van der Waals surface area contributed by atoms with Crippen molar-refractivity contribution in [3.8, 4) is 0 Å². The first-order valence-electron chi connectivity index (χ1n) is 6.76. The van der Waals surface area contributed by atoms with E-state index in [1.165, 1.54) is 22.9 Å². The molecule has 0 aliphatic carbocycles. The van der Waals surface area contributed by atoms with Gasteiger partial charge in [0.1, 0.15) is 0 Å². The van der Waals surface area contributed by atoms with Crippen molar-refractivity contribution in [2.75, 3.05) is 11.9 Å². The maximum absolute atomic E-state index is 11.9. The van der Waals surface area contributed by atoms with Gasteiger partial charge in [0.05, 0.1) is 5.56 Å². The van der Waals surface area contributed by atoms with E-state index < -0.39 is 18.5 Å². The van der Waals surface area contributed by atoms with Crippen molar-refractivity contribution in [1.29, 1.82) is 0 Å². The Labute approximate surface area is 146 Å². The molecule has 0 saturated carbocycles. The molecule has 0 atom stereocenters. The van der Waals surface area contributed by atoms with E-state index in [-0.39, 0.29) is 11.1 Å². The Kier molecular flexibility index (Phi) is 5.54. The normalized spacial score (nSPS) is 10.2. The Bertz CT molecular complexity index is 814. The van der Waals surface area contributed by atoms with E-state index in [0.29, 0.717) is 5.69 Å². The van der Waals surface area contributed by atoms with Crippen LogP contribution in [0.5, 0.6) is 0 Å². The summed E-state index contributed by atoms with van der Waals surface area (Å²) in [6, 6.07) is 8.23. The number of carbonyl (C=O) groups is 2. The zero-order valence-electron chi connectivity index (χ0n) is 12.6. The Morgan fingerprint density at radius 1 is 1.26 bits per heavy atom. The van der Waals surface area contributed by atoms with Crippen LogP contribution in [0, 0.1) is 10.5 Å². The first-order valence-corrected chi connectivity index (χ1v) is 7.84. The molecule has 0 fully saturated rings. The van der Waals surface area contributed by atoms with Gasteiger partial charge in [0.15, 0.2) is 6.61 Å². The number of ether oxygens (including phenoxy) is 1. The molecule has 0 bridgehead atoms. The number of hydrogen-bond donors (Lipinski definition) is 1. The highest BCUT2D eigenvalue weighted by molar-refractivity contribution is 14.1. The third-order valence-corrected chi connectivity index (χ3v) is 3.81. The van der Waals surface area contributed by atoms with Crippen LogP contribution in [-0.4, -0.2) is 23.1 Å². The number of anilines is 1. The van der Waals surface area contributed by atoms with Gasteiger partial charge in [0.2, 0.25) is 0 Å². The highest BCUT2D eigenvalue weighted by Gasteiger charge is 2.12. The van der Waals surface area contributed by atoms with Gasteiger partial charge in [-0.05, 0) is 59.3 Å². The second-order valence-electron chi connectivity index (χ2n) is 4.95. The number of nitrogens with zero attached hydrogens (tertiary/aromatic N) is 1. The number of esters is 1. The fraction of sp³-hybridized carbons (Fsp3) is 0.188. The minimum atomic E-state index is -0.711. The van der Waals surface area contributed by atoms with Crippen molar-refractivity contribution in [1.82, 2.24) is 4.57 Å². The maximum Gasteiger partial charge on any atom is 0.338 e. The quantitative estimate of drug-likeness (QED) is 0.600. The van der Waals surface area contributed by atoms with Gasteiger partial charge in [-0.3, -0.25) is 9.59 Å². The van der Waals surface area contributed by atoms with Crippen LogP contribution in [0.2, 0.25) is 0 Å². The molecule has 0 radical (unpaired) electrons. The van der Waals surface area contributed by atoms with E-state index in [4.69, 9.17) is 4.74 Å². The zero-order chi connectivity index (χ0) is 17.0. The summed E-state index contributed by atoms with van der Waals surface area (Å²) in [6.45, 7) is 1.46. The van der Waals surface area contributed by atoms with Gasteiger partial charge in [-0.2, -0.15) is 0 Å².